The van der Waals surface area contributed by atoms with Crippen LogP contribution in [0.2, 0.25) is 0 Å². The van der Waals surface area contributed by atoms with Gasteiger partial charge in [-0.25, -0.2) is 4.57 Å². The summed E-state index contributed by atoms with van der Waals surface area (Å²) in [5.41, 5.74) is 0. The van der Waals surface area contributed by atoms with Crippen LogP contribution in [0.4, 0.5) is 0 Å². The maximum Gasteiger partial charge on any atom is 0.472 e. The van der Waals surface area contributed by atoms with Crippen molar-refractivity contribution in [2.75, 3.05) is 26.4 Å². The van der Waals surface area contributed by atoms with Crippen molar-refractivity contribution in [3.8, 4) is 0 Å². The van der Waals surface area contributed by atoms with Crippen LogP contribution in [0.15, 0.2) is 97.2 Å². The van der Waals surface area contributed by atoms with Crippen LogP contribution >= 0.6 is 7.82 Å². The third kappa shape index (κ3) is 40.9. The lowest BCUT2D eigenvalue weighted by molar-refractivity contribution is -0.161. The summed E-state index contributed by atoms with van der Waals surface area (Å²) >= 11 is 0. The molecule has 11 heteroatoms. The van der Waals surface area contributed by atoms with E-state index in [1.54, 1.807) is 0 Å². The molecule has 0 heterocycles. The van der Waals surface area contributed by atoms with Gasteiger partial charge in [-0.05, 0) is 89.9 Å². The summed E-state index contributed by atoms with van der Waals surface area (Å²) in [6.45, 7) is 2.07. The summed E-state index contributed by atoms with van der Waals surface area (Å²) in [7, 11) is -4.64. The summed E-state index contributed by atoms with van der Waals surface area (Å²) in [6.07, 6.45) is 49.4. The minimum absolute atomic E-state index is 0.135. The number of aliphatic hydroxyl groups is 2. The Bertz CT molecular complexity index is 1260. The molecule has 0 aromatic rings. The van der Waals surface area contributed by atoms with Gasteiger partial charge in [-0.3, -0.25) is 18.6 Å². The topological polar surface area (TPSA) is 149 Å². The van der Waals surface area contributed by atoms with Gasteiger partial charge in [0.15, 0.2) is 6.10 Å². The standard InChI is InChI=1S/C46H75O10P/c1-3-5-7-9-11-13-15-17-19-20-21-22-24-26-28-30-32-34-36-38-46(50)56-44(42-55-57(51,52)54-40-43(48)39-47)41-53-45(49)37-35-33-31-29-27-25-23-18-16-14-12-10-8-6-4-2/h5-8,11-14,17-19,21-23,26,28,43-44,47-48H,3-4,9-10,15-16,20,24-25,27,29-42H2,1-2H3,(H,51,52)/t43-,44+/m0/s1. The highest BCUT2D eigenvalue weighted by Crippen LogP contribution is 2.43. The van der Waals surface area contributed by atoms with Gasteiger partial charge in [0, 0.05) is 12.8 Å². The number of hydrogen-bond acceptors (Lipinski definition) is 9. The van der Waals surface area contributed by atoms with Gasteiger partial charge < -0.3 is 24.6 Å². The molecular weight excluding hydrogens is 743 g/mol. The number of rotatable bonds is 38. The zero-order valence-corrected chi connectivity index (χ0v) is 35.9. The van der Waals surface area contributed by atoms with Gasteiger partial charge in [0.05, 0.1) is 19.8 Å². The largest absolute Gasteiger partial charge is 0.472 e. The Hall–Kier alpha value is -3.11. The molecule has 0 aliphatic rings. The van der Waals surface area contributed by atoms with Crippen LogP contribution in [-0.2, 0) is 32.7 Å². The highest BCUT2D eigenvalue weighted by Gasteiger charge is 2.27. The maximum atomic E-state index is 12.6. The van der Waals surface area contributed by atoms with Crippen molar-refractivity contribution >= 4 is 19.8 Å². The van der Waals surface area contributed by atoms with Crippen molar-refractivity contribution < 1.29 is 47.8 Å². The number of carbonyl (C=O) groups excluding carboxylic acids is 2. The van der Waals surface area contributed by atoms with Gasteiger partial charge >= 0.3 is 19.8 Å². The fraction of sp³-hybridized carbons (Fsp3) is 0.609. The van der Waals surface area contributed by atoms with Crippen molar-refractivity contribution in [1.82, 2.24) is 0 Å². The number of unbranched alkanes of at least 4 members (excludes halogenated alkanes) is 8. The molecular formula is C46H75O10P. The number of phosphoric acid groups is 1. The lowest BCUT2D eigenvalue weighted by Crippen LogP contribution is -2.29. The molecule has 3 N–H and O–H groups in total. The minimum atomic E-state index is -4.64. The molecule has 0 rings (SSSR count). The quantitative estimate of drug-likeness (QED) is 0.0238. The first kappa shape index (κ1) is 53.9. The Morgan fingerprint density at radius 2 is 0.912 bits per heavy atom. The Balaban J connectivity index is 4.43. The fourth-order valence-corrected chi connectivity index (χ4v) is 5.82. The van der Waals surface area contributed by atoms with E-state index in [0.717, 1.165) is 103 Å². The van der Waals surface area contributed by atoms with E-state index >= 15 is 0 Å². The summed E-state index contributed by atoms with van der Waals surface area (Å²) in [5, 5.41) is 18.3. The average molecular weight is 819 g/mol. The number of ether oxygens (including phenoxy) is 2. The van der Waals surface area contributed by atoms with Crippen LogP contribution in [0.25, 0.3) is 0 Å². The van der Waals surface area contributed by atoms with Gasteiger partial charge in [-0.2, -0.15) is 0 Å². The van der Waals surface area contributed by atoms with E-state index in [1.165, 1.54) is 0 Å². The highest BCUT2D eigenvalue weighted by atomic mass is 31.2. The molecule has 324 valence electrons. The van der Waals surface area contributed by atoms with Crippen molar-refractivity contribution in [2.45, 2.75) is 154 Å². The van der Waals surface area contributed by atoms with Crippen LogP contribution < -0.4 is 0 Å². The first-order valence-corrected chi connectivity index (χ1v) is 22.7. The summed E-state index contributed by atoms with van der Waals surface area (Å²) in [6, 6.07) is 0. The summed E-state index contributed by atoms with van der Waals surface area (Å²) in [4.78, 5) is 35.0. The Morgan fingerprint density at radius 1 is 0.526 bits per heavy atom. The SMILES string of the molecule is CCC=CCC=CCC=CCC=CCC=CCCCCCC(=O)O[C@H](COC(=O)CCCCCCCC=CCC=CCC=CCC)COP(=O)(O)OC[C@@H](O)CO. The van der Waals surface area contributed by atoms with E-state index < -0.39 is 51.8 Å². The number of aliphatic hydroxyl groups excluding tert-OH is 2. The molecule has 0 spiro atoms. The predicted molar refractivity (Wildman–Crippen MR) is 232 cm³/mol. The maximum absolute atomic E-state index is 12.6. The monoisotopic (exact) mass is 819 g/mol. The molecule has 0 bridgehead atoms. The molecule has 10 nitrogen and oxygen atoms in total. The van der Waals surface area contributed by atoms with E-state index in [2.05, 4.69) is 116 Å². The number of esters is 2. The molecule has 0 aliphatic heterocycles. The molecule has 0 saturated carbocycles. The number of phosphoric ester groups is 1. The Labute approximate surface area is 344 Å². The first-order valence-electron chi connectivity index (χ1n) is 21.2. The van der Waals surface area contributed by atoms with Crippen LogP contribution in [0, 0.1) is 0 Å². The predicted octanol–water partition coefficient (Wildman–Crippen LogP) is 11.2. The lowest BCUT2D eigenvalue weighted by Gasteiger charge is -2.20. The molecule has 0 radical (unpaired) electrons. The van der Waals surface area contributed by atoms with Crippen molar-refractivity contribution in [1.29, 1.82) is 0 Å². The molecule has 0 aromatic carbocycles. The van der Waals surface area contributed by atoms with Gasteiger partial charge in [0.2, 0.25) is 0 Å². The van der Waals surface area contributed by atoms with Crippen molar-refractivity contribution in [3.63, 3.8) is 0 Å². The van der Waals surface area contributed by atoms with Gasteiger partial charge in [-0.1, -0.05) is 137 Å². The number of hydrogen-bond donors (Lipinski definition) is 3. The first-order chi connectivity index (χ1) is 27.7. The van der Waals surface area contributed by atoms with Crippen LogP contribution in [0.5, 0.6) is 0 Å². The second kappa shape index (κ2) is 41.1. The van der Waals surface area contributed by atoms with Crippen LogP contribution in [0.1, 0.15) is 142 Å². The zero-order chi connectivity index (χ0) is 41.9. The molecule has 0 fully saturated rings. The molecule has 0 aliphatic carbocycles. The molecule has 0 saturated heterocycles. The van der Waals surface area contributed by atoms with Crippen LogP contribution in [0.3, 0.4) is 0 Å². The van der Waals surface area contributed by atoms with E-state index in [9.17, 15) is 24.2 Å². The van der Waals surface area contributed by atoms with Crippen molar-refractivity contribution in [3.05, 3.63) is 97.2 Å². The zero-order valence-electron chi connectivity index (χ0n) is 35.0. The van der Waals surface area contributed by atoms with Gasteiger partial charge in [0.25, 0.3) is 0 Å². The Kier molecular flexibility index (Phi) is 38.8. The average Bonchev–Trinajstić information content (AvgIpc) is 3.20. The van der Waals surface area contributed by atoms with E-state index in [1.807, 2.05) is 0 Å². The molecule has 57 heavy (non-hydrogen) atoms. The van der Waals surface area contributed by atoms with Crippen molar-refractivity contribution in [2.24, 2.45) is 0 Å². The number of allylic oxidation sites excluding steroid dienone is 16. The van der Waals surface area contributed by atoms with Gasteiger partial charge in [0.1, 0.15) is 12.7 Å². The normalized spacial score (nSPS) is 14.8. The summed E-state index contributed by atoms with van der Waals surface area (Å²) in [5.74, 6) is -0.994. The third-order valence-electron chi connectivity index (χ3n) is 8.23. The fourth-order valence-electron chi connectivity index (χ4n) is 5.03. The van der Waals surface area contributed by atoms with Gasteiger partial charge in [-0.15, -0.1) is 0 Å². The molecule has 0 amide bonds. The second-order valence-electron chi connectivity index (χ2n) is 13.6. The van der Waals surface area contributed by atoms with Crippen LogP contribution in [-0.4, -0.2) is 65.7 Å². The second-order valence-corrected chi connectivity index (χ2v) is 15.1. The highest BCUT2D eigenvalue weighted by molar-refractivity contribution is 7.47. The number of carbonyl (C=O) groups is 2. The van der Waals surface area contributed by atoms with E-state index in [0.29, 0.717) is 12.8 Å². The third-order valence-corrected chi connectivity index (χ3v) is 9.18. The molecule has 1 unspecified atom stereocenters. The molecule has 0 aromatic heterocycles. The minimum Gasteiger partial charge on any atom is -0.462 e. The summed E-state index contributed by atoms with van der Waals surface area (Å²) < 4.78 is 32.6. The molecule has 3 atom stereocenters. The Morgan fingerprint density at radius 3 is 1.39 bits per heavy atom. The smallest absolute Gasteiger partial charge is 0.462 e. The lowest BCUT2D eigenvalue weighted by atomic mass is 10.1. The van der Waals surface area contributed by atoms with E-state index in [4.69, 9.17) is 19.1 Å². The van der Waals surface area contributed by atoms with E-state index in [-0.39, 0.29) is 19.4 Å².